The lowest BCUT2D eigenvalue weighted by Gasteiger charge is -2.30. The maximum atomic E-state index is 15.0. The predicted molar refractivity (Wildman–Crippen MR) is 130 cm³/mol. The molecule has 1 aliphatic heterocycles. The highest BCUT2D eigenvalue weighted by Crippen LogP contribution is 2.37. The first-order valence-electron chi connectivity index (χ1n) is 12.2. The number of carbonyl (C=O) groups excluding carboxylic acids is 1. The number of hydrazine groups is 1. The van der Waals surface area contributed by atoms with Crippen molar-refractivity contribution in [1.82, 2.24) is 16.1 Å². The highest BCUT2D eigenvalue weighted by atomic mass is 19.2. The van der Waals surface area contributed by atoms with E-state index in [9.17, 15) is 13.6 Å². The molecule has 188 valence electrons. The Labute approximate surface area is 204 Å². The van der Waals surface area contributed by atoms with Gasteiger partial charge in [-0.2, -0.15) is 0 Å². The van der Waals surface area contributed by atoms with Crippen molar-refractivity contribution in [2.45, 2.75) is 64.6 Å². The fourth-order valence-electron chi connectivity index (χ4n) is 4.57. The molecule has 0 spiro atoms. The standard InChI is InChI=1S/C26H32F3N5O/c1-16(2)15-30-26(32-25(35)17-12-13-19(27)21(29)14-17)31-24-23-20(28)10-7-11-22(23)34(33-24)18-8-5-3-4-6-9-18/h7,10-14,16,18,24,33H,3-6,8-9,15H2,1-2H3,(H2,30,31,32,35). The van der Waals surface area contributed by atoms with Gasteiger partial charge in [-0.3, -0.25) is 15.1 Å². The molecule has 1 aliphatic carbocycles. The van der Waals surface area contributed by atoms with Crippen molar-refractivity contribution in [2.24, 2.45) is 10.9 Å². The fourth-order valence-corrected chi connectivity index (χ4v) is 4.57. The molecule has 3 N–H and O–H groups in total. The Kier molecular flexibility index (Phi) is 7.95. The van der Waals surface area contributed by atoms with E-state index in [1.54, 1.807) is 6.07 Å². The second kappa shape index (κ2) is 11.1. The quantitative estimate of drug-likeness (QED) is 0.309. The molecule has 0 saturated heterocycles. The molecule has 1 fully saturated rings. The SMILES string of the molecule is CC(C)CN=C(NC(=O)c1ccc(F)c(F)c1)NC1NN(C2CCCCCC2)c2cccc(F)c21. The zero-order valence-electron chi connectivity index (χ0n) is 20.1. The number of benzene rings is 2. The van der Waals surface area contributed by atoms with Gasteiger partial charge in [0.1, 0.15) is 12.0 Å². The predicted octanol–water partition coefficient (Wildman–Crippen LogP) is 5.18. The van der Waals surface area contributed by atoms with E-state index >= 15 is 4.39 Å². The van der Waals surface area contributed by atoms with Crippen LogP contribution in [0.1, 0.15) is 74.5 Å². The monoisotopic (exact) mass is 487 g/mol. The van der Waals surface area contributed by atoms with E-state index < -0.39 is 23.7 Å². The highest BCUT2D eigenvalue weighted by molar-refractivity contribution is 6.05. The van der Waals surface area contributed by atoms with E-state index in [1.807, 2.05) is 24.9 Å². The molecule has 1 heterocycles. The Morgan fingerprint density at radius 3 is 2.49 bits per heavy atom. The van der Waals surface area contributed by atoms with Gasteiger partial charge in [0, 0.05) is 18.2 Å². The molecule has 1 unspecified atom stereocenters. The smallest absolute Gasteiger partial charge is 0.258 e. The van der Waals surface area contributed by atoms with Gasteiger partial charge in [-0.1, -0.05) is 45.6 Å². The molecule has 2 aliphatic rings. The Morgan fingerprint density at radius 1 is 1.06 bits per heavy atom. The number of carbonyl (C=O) groups is 1. The molecule has 0 aromatic heterocycles. The van der Waals surface area contributed by atoms with E-state index in [1.165, 1.54) is 25.0 Å². The van der Waals surface area contributed by atoms with Crippen molar-refractivity contribution < 1.29 is 18.0 Å². The Balaban J connectivity index is 1.58. The fraction of sp³-hybridized carbons (Fsp3) is 0.462. The van der Waals surface area contributed by atoms with Crippen LogP contribution in [0.15, 0.2) is 41.4 Å². The molecular weight excluding hydrogens is 455 g/mol. The summed E-state index contributed by atoms with van der Waals surface area (Å²) in [6, 6.07) is 8.17. The van der Waals surface area contributed by atoms with Crippen LogP contribution in [0.25, 0.3) is 0 Å². The van der Waals surface area contributed by atoms with Crippen molar-refractivity contribution in [3.63, 3.8) is 0 Å². The van der Waals surface area contributed by atoms with Gasteiger partial charge in [-0.05, 0) is 49.1 Å². The van der Waals surface area contributed by atoms with E-state index in [4.69, 9.17) is 0 Å². The molecule has 9 heteroatoms. The molecule has 2 aromatic carbocycles. The average Bonchev–Trinajstić information content (AvgIpc) is 2.99. The van der Waals surface area contributed by atoms with Gasteiger partial charge in [-0.15, -0.1) is 0 Å². The average molecular weight is 488 g/mol. The van der Waals surface area contributed by atoms with Gasteiger partial charge in [0.05, 0.1) is 11.3 Å². The van der Waals surface area contributed by atoms with Crippen molar-refractivity contribution in [3.8, 4) is 0 Å². The first kappa shape index (κ1) is 25.0. The maximum Gasteiger partial charge on any atom is 0.258 e. The second-order valence-corrected chi connectivity index (χ2v) is 9.56. The zero-order valence-corrected chi connectivity index (χ0v) is 20.1. The topological polar surface area (TPSA) is 68.8 Å². The number of amides is 1. The van der Waals surface area contributed by atoms with Crippen LogP contribution in [0.5, 0.6) is 0 Å². The minimum absolute atomic E-state index is 0.0472. The van der Waals surface area contributed by atoms with Crippen molar-refractivity contribution >= 4 is 17.6 Å². The normalized spacial score (nSPS) is 19.0. The van der Waals surface area contributed by atoms with Crippen LogP contribution < -0.4 is 21.1 Å². The molecule has 1 saturated carbocycles. The number of nitrogens with one attached hydrogen (secondary N) is 3. The second-order valence-electron chi connectivity index (χ2n) is 9.56. The van der Waals surface area contributed by atoms with Gasteiger partial charge in [0.15, 0.2) is 17.6 Å². The van der Waals surface area contributed by atoms with Gasteiger partial charge < -0.3 is 10.3 Å². The van der Waals surface area contributed by atoms with Crippen LogP contribution in [0.3, 0.4) is 0 Å². The largest absolute Gasteiger partial charge is 0.335 e. The van der Waals surface area contributed by atoms with E-state index in [-0.39, 0.29) is 29.3 Å². The van der Waals surface area contributed by atoms with Crippen molar-refractivity contribution in [3.05, 3.63) is 65.0 Å². The number of nitrogens with zero attached hydrogens (tertiary/aromatic N) is 2. The lowest BCUT2D eigenvalue weighted by atomic mass is 10.1. The number of halogens is 3. The molecule has 1 amide bonds. The van der Waals surface area contributed by atoms with Gasteiger partial charge in [0.2, 0.25) is 0 Å². The van der Waals surface area contributed by atoms with Crippen LogP contribution in [-0.4, -0.2) is 24.5 Å². The Bertz CT molecular complexity index is 1080. The minimum Gasteiger partial charge on any atom is -0.335 e. The molecule has 35 heavy (non-hydrogen) atoms. The summed E-state index contributed by atoms with van der Waals surface area (Å²) in [6.45, 7) is 4.37. The lowest BCUT2D eigenvalue weighted by molar-refractivity contribution is 0.0974. The van der Waals surface area contributed by atoms with Crippen LogP contribution >= 0.6 is 0 Å². The summed E-state index contributed by atoms with van der Waals surface area (Å²) in [7, 11) is 0. The van der Waals surface area contributed by atoms with Gasteiger partial charge in [0.25, 0.3) is 5.91 Å². The summed E-state index contributed by atoms with van der Waals surface area (Å²) in [5.41, 5.74) is 4.56. The summed E-state index contributed by atoms with van der Waals surface area (Å²) >= 11 is 0. The first-order valence-corrected chi connectivity index (χ1v) is 12.2. The van der Waals surface area contributed by atoms with Crippen molar-refractivity contribution in [2.75, 3.05) is 11.6 Å². The number of hydrogen-bond acceptors (Lipinski definition) is 4. The van der Waals surface area contributed by atoms with Crippen LogP contribution in [0.4, 0.5) is 18.9 Å². The Hall–Kier alpha value is -3.07. The third-order valence-electron chi connectivity index (χ3n) is 6.35. The summed E-state index contributed by atoms with van der Waals surface area (Å²) in [5.74, 6) is -2.82. The molecule has 4 rings (SSSR count). The third kappa shape index (κ3) is 5.96. The molecule has 0 radical (unpaired) electrons. The van der Waals surface area contributed by atoms with Crippen LogP contribution in [0, 0.1) is 23.4 Å². The highest BCUT2D eigenvalue weighted by Gasteiger charge is 2.35. The van der Waals surface area contributed by atoms with Gasteiger partial charge in [-0.25, -0.2) is 18.6 Å². The molecule has 0 bridgehead atoms. The molecule has 1 atom stereocenters. The lowest BCUT2D eigenvalue weighted by Crippen LogP contribution is -2.50. The number of fused-ring (bicyclic) bond motifs is 1. The first-order chi connectivity index (χ1) is 16.8. The number of anilines is 1. The summed E-state index contributed by atoms with van der Waals surface area (Å²) in [4.78, 5) is 17.2. The number of aliphatic imine (C=N–C) groups is 1. The summed E-state index contributed by atoms with van der Waals surface area (Å²) in [5, 5.41) is 7.82. The maximum absolute atomic E-state index is 15.0. The van der Waals surface area contributed by atoms with Crippen LogP contribution in [-0.2, 0) is 0 Å². The van der Waals surface area contributed by atoms with Crippen LogP contribution in [0.2, 0.25) is 0 Å². The third-order valence-corrected chi connectivity index (χ3v) is 6.35. The molecule has 2 aromatic rings. The van der Waals surface area contributed by atoms with E-state index in [0.717, 1.165) is 43.5 Å². The number of hydrogen-bond donors (Lipinski definition) is 3. The Morgan fingerprint density at radius 2 is 1.80 bits per heavy atom. The summed E-state index contributed by atoms with van der Waals surface area (Å²) < 4.78 is 42.0. The number of guanidine groups is 1. The summed E-state index contributed by atoms with van der Waals surface area (Å²) in [6.07, 6.45) is 6.00. The number of rotatable bonds is 5. The zero-order chi connectivity index (χ0) is 24.9. The van der Waals surface area contributed by atoms with Gasteiger partial charge >= 0.3 is 0 Å². The van der Waals surface area contributed by atoms with E-state index in [2.05, 4.69) is 21.1 Å². The minimum atomic E-state index is -1.11. The van der Waals surface area contributed by atoms with E-state index in [0.29, 0.717) is 12.1 Å². The molecule has 6 nitrogen and oxygen atoms in total. The van der Waals surface area contributed by atoms with Crippen molar-refractivity contribution in [1.29, 1.82) is 0 Å². The molecular formula is C26H32F3N5O.